The van der Waals surface area contributed by atoms with Crippen LogP contribution in [0.4, 0.5) is 5.69 Å². The van der Waals surface area contributed by atoms with Crippen LogP contribution in [0.2, 0.25) is 0 Å². The molecule has 1 aromatic carbocycles. The van der Waals surface area contributed by atoms with Crippen LogP contribution < -0.4 is 10.9 Å². The summed E-state index contributed by atoms with van der Waals surface area (Å²) in [4.78, 5) is 30.1. The number of fused-ring (bicyclic) bond motifs is 1. The van der Waals surface area contributed by atoms with Gasteiger partial charge in [0, 0.05) is 10.4 Å². The average Bonchev–Trinajstić information content (AvgIpc) is 2.37. The van der Waals surface area contributed by atoms with E-state index in [2.05, 4.69) is 36.1 Å². The predicted molar refractivity (Wildman–Crippen MR) is 83.2 cm³/mol. The predicted octanol–water partition coefficient (Wildman–Crippen LogP) is 2.39. The molecule has 0 aliphatic carbocycles. The number of nitrogens with zero attached hydrogens (tertiary/aromatic N) is 1. The van der Waals surface area contributed by atoms with E-state index in [1.165, 1.54) is 6.33 Å². The summed E-state index contributed by atoms with van der Waals surface area (Å²) in [5, 5.41) is 3.26. The minimum absolute atomic E-state index is 0.0434. The Morgan fingerprint density at radius 1 is 1.40 bits per heavy atom. The zero-order valence-electron chi connectivity index (χ0n) is 11.7. The third kappa shape index (κ3) is 3.84. The van der Waals surface area contributed by atoms with Crippen molar-refractivity contribution in [2.45, 2.75) is 25.5 Å². The smallest absolute Gasteiger partial charge is 0.258 e. The number of anilines is 1. The van der Waals surface area contributed by atoms with E-state index in [4.69, 9.17) is 0 Å². The van der Waals surface area contributed by atoms with Crippen molar-refractivity contribution in [3.05, 3.63) is 34.9 Å². The molecular formula is C14H17N3O2S. The second kappa shape index (κ2) is 5.66. The van der Waals surface area contributed by atoms with Crippen molar-refractivity contribution in [1.82, 2.24) is 9.97 Å². The van der Waals surface area contributed by atoms with Crippen LogP contribution in [0.5, 0.6) is 0 Å². The normalized spacial score (nSPS) is 11.6. The van der Waals surface area contributed by atoms with Gasteiger partial charge < -0.3 is 10.3 Å². The first-order valence-corrected chi connectivity index (χ1v) is 7.25. The van der Waals surface area contributed by atoms with Gasteiger partial charge in [-0.25, -0.2) is 4.98 Å². The maximum Gasteiger partial charge on any atom is 0.258 e. The Kier molecular flexibility index (Phi) is 4.13. The summed E-state index contributed by atoms with van der Waals surface area (Å²) >= 11 is 1.58. The van der Waals surface area contributed by atoms with Gasteiger partial charge >= 0.3 is 0 Å². The Morgan fingerprint density at radius 3 is 2.85 bits per heavy atom. The molecule has 0 spiro atoms. The lowest BCUT2D eigenvalue weighted by Gasteiger charge is -2.17. The third-order valence-corrected chi connectivity index (χ3v) is 3.83. The van der Waals surface area contributed by atoms with Crippen LogP contribution in [0, 0.1) is 0 Å². The van der Waals surface area contributed by atoms with Gasteiger partial charge in [-0.1, -0.05) is 20.8 Å². The van der Waals surface area contributed by atoms with Crippen LogP contribution in [-0.2, 0) is 4.79 Å². The second-order valence-electron chi connectivity index (χ2n) is 5.41. The second-order valence-corrected chi connectivity index (χ2v) is 7.21. The number of hydrogen-bond donors (Lipinski definition) is 2. The highest BCUT2D eigenvalue weighted by Crippen LogP contribution is 2.23. The van der Waals surface area contributed by atoms with Crippen molar-refractivity contribution in [1.29, 1.82) is 0 Å². The minimum Gasteiger partial charge on any atom is -0.325 e. The van der Waals surface area contributed by atoms with Crippen LogP contribution >= 0.6 is 11.8 Å². The molecule has 1 heterocycles. The number of hydrogen-bond acceptors (Lipinski definition) is 4. The summed E-state index contributed by atoms with van der Waals surface area (Å²) in [5.74, 6) is 0.301. The zero-order chi connectivity index (χ0) is 14.8. The van der Waals surface area contributed by atoms with Gasteiger partial charge in [0.15, 0.2) is 0 Å². The van der Waals surface area contributed by atoms with E-state index in [1.54, 1.807) is 30.0 Å². The number of thioether (sulfide) groups is 1. The number of carbonyl (C=O) groups excluding carboxylic acids is 1. The number of aromatic nitrogens is 2. The number of benzene rings is 1. The van der Waals surface area contributed by atoms with Gasteiger partial charge in [0.05, 0.1) is 23.0 Å². The molecule has 0 bridgehead atoms. The highest BCUT2D eigenvalue weighted by Gasteiger charge is 2.13. The molecule has 2 rings (SSSR count). The minimum atomic E-state index is -0.213. The largest absolute Gasteiger partial charge is 0.325 e. The molecule has 0 fully saturated rings. The van der Waals surface area contributed by atoms with Gasteiger partial charge in [-0.15, -0.1) is 11.8 Å². The summed E-state index contributed by atoms with van der Waals surface area (Å²) in [5.41, 5.74) is 1.00. The van der Waals surface area contributed by atoms with Crippen LogP contribution in [0.3, 0.4) is 0 Å². The lowest BCUT2D eigenvalue weighted by molar-refractivity contribution is -0.113. The van der Waals surface area contributed by atoms with Crippen LogP contribution in [0.1, 0.15) is 20.8 Å². The topological polar surface area (TPSA) is 74.8 Å². The van der Waals surface area contributed by atoms with E-state index in [0.717, 1.165) is 0 Å². The fourth-order valence-electron chi connectivity index (χ4n) is 1.63. The summed E-state index contributed by atoms with van der Waals surface area (Å²) in [7, 11) is 0. The van der Waals surface area contributed by atoms with Crippen LogP contribution in [0.25, 0.3) is 10.9 Å². The molecule has 2 N–H and O–H groups in total. The SMILES string of the molecule is CC(C)(C)SCC(=O)Nc1ccc2nc[nH]c(=O)c2c1. The summed E-state index contributed by atoms with van der Waals surface area (Å²) in [6.07, 6.45) is 1.36. The van der Waals surface area contributed by atoms with Gasteiger partial charge in [-0.3, -0.25) is 9.59 Å². The van der Waals surface area contributed by atoms with Crippen molar-refractivity contribution in [3.8, 4) is 0 Å². The molecule has 2 aromatic rings. The number of amides is 1. The quantitative estimate of drug-likeness (QED) is 0.910. The van der Waals surface area contributed by atoms with Gasteiger partial charge in [-0.2, -0.15) is 0 Å². The molecule has 6 heteroatoms. The number of nitrogens with one attached hydrogen (secondary N) is 2. The molecule has 0 saturated heterocycles. The molecule has 5 nitrogen and oxygen atoms in total. The molecule has 0 aliphatic heterocycles. The van der Waals surface area contributed by atoms with Gasteiger partial charge in [0.25, 0.3) is 5.56 Å². The Bertz CT molecular complexity index is 689. The highest BCUT2D eigenvalue weighted by atomic mass is 32.2. The summed E-state index contributed by atoms with van der Waals surface area (Å²) in [6, 6.07) is 5.10. The molecule has 1 aromatic heterocycles. The average molecular weight is 291 g/mol. The van der Waals surface area contributed by atoms with Gasteiger partial charge in [0.1, 0.15) is 0 Å². The fourth-order valence-corrected chi connectivity index (χ4v) is 2.26. The lowest BCUT2D eigenvalue weighted by atomic mass is 10.2. The standard InChI is InChI=1S/C14H17N3O2S/c1-14(2,3)20-7-12(18)17-9-4-5-11-10(6-9)13(19)16-8-15-11/h4-6,8H,7H2,1-3H3,(H,17,18)(H,15,16,19). The zero-order valence-corrected chi connectivity index (χ0v) is 12.5. The Morgan fingerprint density at radius 2 is 2.15 bits per heavy atom. The van der Waals surface area contributed by atoms with E-state index < -0.39 is 0 Å². The van der Waals surface area contributed by atoms with Crippen molar-refractivity contribution in [2.24, 2.45) is 0 Å². The van der Waals surface area contributed by atoms with Gasteiger partial charge in [0.2, 0.25) is 5.91 Å². The maximum absolute atomic E-state index is 11.8. The number of aromatic amines is 1. The van der Waals surface area contributed by atoms with E-state index in [0.29, 0.717) is 22.3 Å². The molecule has 106 valence electrons. The Balaban J connectivity index is 2.12. The fraction of sp³-hybridized carbons (Fsp3) is 0.357. The monoisotopic (exact) mass is 291 g/mol. The van der Waals surface area contributed by atoms with Crippen molar-refractivity contribution in [3.63, 3.8) is 0 Å². The first-order valence-electron chi connectivity index (χ1n) is 6.26. The summed E-state index contributed by atoms with van der Waals surface area (Å²) < 4.78 is 0.0434. The van der Waals surface area contributed by atoms with E-state index in [1.807, 2.05) is 0 Å². The van der Waals surface area contributed by atoms with Crippen molar-refractivity contribution >= 4 is 34.3 Å². The first kappa shape index (κ1) is 14.6. The van der Waals surface area contributed by atoms with Gasteiger partial charge in [-0.05, 0) is 18.2 Å². The van der Waals surface area contributed by atoms with Crippen molar-refractivity contribution in [2.75, 3.05) is 11.1 Å². The Hall–Kier alpha value is -1.82. The maximum atomic E-state index is 11.8. The molecule has 20 heavy (non-hydrogen) atoms. The number of carbonyl (C=O) groups is 1. The van der Waals surface area contributed by atoms with Crippen molar-refractivity contribution < 1.29 is 4.79 Å². The van der Waals surface area contributed by atoms with Crippen LogP contribution in [0.15, 0.2) is 29.3 Å². The highest BCUT2D eigenvalue weighted by molar-refractivity contribution is 8.01. The van der Waals surface area contributed by atoms with E-state index in [-0.39, 0.29) is 16.2 Å². The molecule has 0 aliphatic rings. The summed E-state index contributed by atoms with van der Waals surface area (Å²) in [6.45, 7) is 6.19. The number of rotatable bonds is 3. The molecule has 0 saturated carbocycles. The molecule has 1 amide bonds. The van der Waals surface area contributed by atoms with Crippen LogP contribution in [-0.4, -0.2) is 26.4 Å². The first-order chi connectivity index (χ1) is 9.35. The molecule has 0 unspecified atom stereocenters. The molecule has 0 radical (unpaired) electrons. The lowest BCUT2D eigenvalue weighted by Crippen LogP contribution is -2.19. The third-order valence-electron chi connectivity index (χ3n) is 2.56. The Labute approximate surface area is 121 Å². The van der Waals surface area contributed by atoms with E-state index >= 15 is 0 Å². The molecule has 0 atom stereocenters. The van der Waals surface area contributed by atoms with E-state index in [9.17, 15) is 9.59 Å². The molecular weight excluding hydrogens is 274 g/mol. The number of H-pyrrole nitrogens is 1.